The summed E-state index contributed by atoms with van der Waals surface area (Å²) in [6, 6.07) is 7.65. The Morgan fingerprint density at radius 3 is 2.92 bits per heavy atom. The van der Waals surface area contributed by atoms with E-state index in [-0.39, 0.29) is 11.9 Å². The molecule has 1 atom stereocenters. The van der Waals surface area contributed by atoms with Crippen molar-refractivity contribution in [1.29, 1.82) is 0 Å². The number of ether oxygens (including phenoxy) is 1. The zero-order valence-corrected chi connectivity index (χ0v) is 6.82. The standard InChI is InChI=1S/C10H10O2/c1-7-9(11)6-8-4-2-3-5-10(8)12-7/h2-7,11H,1H3. The Bertz CT molecular complexity index is 328. The van der Waals surface area contributed by atoms with Crippen LogP contribution in [0.1, 0.15) is 12.5 Å². The van der Waals surface area contributed by atoms with E-state index in [9.17, 15) is 5.11 Å². The van der Waals surface area contributed by atoms with Crippen molar-refractivity contribution in [2.45, 2.75) is 13.0 Å². The van der Waals surface area contributed by atoms with Crippen molar-refractivity contribution in [3.63, 3.8) is 0 Å². The van der Waals surface area contributed by atoms with Crippen molar-refractivity contribution in [3.05, 3.63) is 35.6 Å². The highest BCUT2D eigenvalue weighted by atomic mass is 16.5. The second kappa shape index (κ2) is 2.55. The molecule has 0 aromatic heterocycles. The van der Waals surface area contributed by atoms with Crippen molar-refractivity contribution in [2.75, 3.05) is 0 Å². The molecule has 62 valence electrons. The van der Waals surface area contributed by atoms with Gasteiger partial charge >= 0.3 is 0 Å². The number of aliphatic hydroxyl groups excluding tert-OH is 1. The van der Waals surface area contributed by atoms with E-state index in [4.69, 9.17) is 4.74 Å². The van der Waals surface area contributed by atoms with E-state index in [0.717, 1.165) is 11.3 Å². The van der Waals surface area contributed by atoms with Gasteiger partial charge in [-0.05, 0) is 19.1 Å². The highest BCUT2D eigenvalue weighted by molar-refractivity contribution is 5.61. The Balaban J connectivity index is 2.49. The molecule has 2 nitrogen and oxygen atoms in total. The Morgan fingerprint density at radius 1 is 1.33 bits per heavy atom. The molecule has 0 amide bonds. The molecule has 1 unspecified atom stereocenters. The van der Waals surface area contributed by atoms with Crippen LogP contribution < -0.4 is 4.74 Å². The molecule has 1 aromatic carbocycles. The van der Waals surface area contributed by atoms with Gasteiger partial charge in [-0.15, -0.1) is 0 Å². The van der Waals surface area contributed by atoms with Gasteiger partial charge in [0.1, 0.15) is 11.5 Å². The first-order valence-electron chi connectivity index (χ1n) is 3.93. The second-order valence-electron chi connectivity index (χ2n) is 2.87. The van der Waals surface area contributed by atoms with Gasteiger partial charge in [-0.1, -0.05) is 18.2 Å². The van der Waals surface area contributed by atoms with Gasteiger partial charge in [-0.2, -0.15) is 0 Å². The quantitative estimate of drug-likeness (QED) is 0.634. The third-order valence-corrected chi connectivity index (χ3v) is 1.94. The smallest absolute Gasteiger partial charge is 0.152 e. The molecule has 0 radical (unpaired) electrons. The molecule has 0 bridgehead atoms. The molecule has 1 N–H and O–H groups in total. The predicted octanol–water partition coefficient (Wildman–Crippen LogP) is 2.37. The fraction of sp³-hybridized carbons (Fsp3) is 0.200. The maximum absolute atomic E-state index is 9.36. The second-order valence-corrected chi connectivity index (χ2v) is 2.87. The summed E-state index contributed by atoms with van der Waals surface area (Å²) in [7, 11) is 0. The summed E-state index contributed by atoms with van der Waals surface area (Å²) < 4.78 is 5.43. The third-order valence-electron chi connectivity index (χ3n) is 1.94. The zero-order chi connectivity index (χ0) is 8.55. The van der Waals surface area contributed by atoms with E-state index in [1.165, 1.54) is 0 Å². The van der Waals surface area contributed by atoms with Gasteiger partial charge in [0, 0.05) is 5.56 Å². The summed E-state index contributed by atoms with van der Waals surface area (Å²) in [5.74, 6) is 1.12. The van der Waals surface area contributed by atoms with E-state index < -0.39 is 0 Å². The van der Waals surface area contributed by atoms with Crippen molar-refractivity contribution >= 4 is 6.08 Å². The summed E-state index contributed by atoms with van der Waals surface area (Å²) in [4.78, 5) is 0. The summed E-state index contributed by atoms with van der Waals surface area (Å²) >= 11 is 0. The first-order valence-corrected chi connectivity index (χ1v) is 3.93. The van der Waals surface area contributed by atoms with Crippen LogP contribution in [0.4, 0.5) is 0 Å². The molecule has 0 saturated carbocycles. The van der Waals surface area contributed by atoms with Gasteiger partial charge in [0.2, 0.25) is 0 Å². The first kappa shape index (κ1) is 7.22. The summed E-state index contributed by atoms with van der Waals surface area (Å²) in [6.45, 7) is 1.82. The van der Waals surface area contributed by atoms with E-state index in [1.54, 1.807) is 6.08 Å². The number of benzene rings is 1. The minimum atomic E-state index is -0.222. The number of hydrogen-bond acceptors (Lipinski definition) is 2. The predicted molar refractivity (Wildman–Crippen MR) is 47.1 cm³/mol. The van der Waals surface area contributed by atoms with Gasteiger partial charge in [-0.25, -0.2) is 0 Å². The number of aliphatic hydroxyl groups is 1. The molecular formula is C10H10O2. The highest BCUT2D eigenvalue weighted by Crippen LogP contribution is 2.27. The maximum atomic E-state index is 9.36. The van der Waals surface area contributed by atoms with Crippen LogP contribution in [0.2, 0.25) is 0 Å². The number of fused-ring (bicyclic) bond motifs is 1. The first-order chi connectivity index (χ1) is 5.77. The number of hydrogen-bond donors (Lipinski definition) is 1. The number of para-hydroxylation sites is 1. The Morgan fingerprint density at radius 2 is 2.08 bits per heavy atom. The largest absolute Gasteiger partial charge is 0.508 e. The Hall–Kier alpha value is -1.44. The van der Waals surface area contributed by atoms with Crippen molar-refractivity contribution < 1.29 is 9.84 Å². The topological polar surface area (TPSA) is 29.5 Å². The van der Waals surface area contributed by atoms with Gasteiger partial charge in [0.25, 0.3) is 0 Å². The average Bonchev–Trinajstić information content (AvgIpc) is 2.07. The normalized spacial score (nSPS) is 20.8. The monoisotopic (exact) mass is 162 g/mol. The van der Waals surface area contributed by atoms with Crippen LogP contribution in [-0.4, -0.2) is 11.2 Å². The number of rotatable bonds is 0. The lowest BCUT2D eigenvalue weighted by Gasteiger charge is -2.20. The molecule has 0 saturated heterocycles. The fourth-order valence-corrected chi connectivity index (χ4v) is 1.23. The van der Waals surface area contributed by atoms with Crippen molar-refractivity contribution in [3.8, 4) is 5.75 Å². The fourth-order valence-electron chi connectivity index (χ4n) is 1.23. The van der Waals surface area contributed by atoms with Crippen LogP contribution in [0, 0.1) is 0 Å². The van der Waals surface area contributed by atoms with Crippen LogP contribution in [0.15, 0.2) is 30.0 Å². The lowest BCUT2D eigenvalue weighted by molar-refractivity contribution is 0.188. The average molecular weight is 162 g/mol. The molecule has 12 heavy (non-hydrogen) atoms. The van der Waals surface area contributed by atoms with Gasteiger partial charge in [0.15, 0.2) is 6.10 Å². The molecule has 0 fully saturated rings. The van der Waals surface area contributed by atoms with Crippen LogP contribution in [0.25, 0.3) is 6.08 Å². The van der Waals surface area contributed by atoms with E-state index in [1.807, 2.05) is 31.2 Å². The third kappa shape index (κ3) is 1.05. The van der Waals surface area contributed by atoms with Gasteiger partial charge < -0.3 is 9.84 Å². The molecule has 0 spiro atoms. The Labute approximate surface area is 71.1 Å². The molecule has 1 aliphatic rings. The molecule has 1 aliphatic heterocycles. The van der Waals surface area contributed by atoms with Gasteiger partial charge in [-0.3, -0.25) is 0 Å². The SMILES string of the molecule is CC1Oc2ccccc2C=C1O. The zero-order valence-electron chi connectivity index (χ0n) is 6.82. The highest BCUT2D eigenvalue weighted by Gasteiger charge is 2.16. The molecule has 2 heteroatoms. The summed E-state index contributed by atoms with van der Waals surface area (Å²) in [6.07, 6.45) is 1.52. The van der Waals surface area contributed by atoms with E-state index in [0.29, 0.717) is 0 Å². The van der Waals surface area contributed by atoms with E-state index in [2.05, 4.69) is 0 Å². The lowest BCUT2D eigenvalue weighted by Crippen LogP contribution is -2.18. The maximum Gasteiger partial charge on any atom is 0.152 e. The van der Waals surface area contributed by atoms with E-state index >= 15 is 0 Å². The molecule has 1 aromatic rings. The Kier molecular flexibility index (Phi) is 1.54. The summed E-state index contributed by atoms with van der Waals surface area (Å²) in [5.41, 5.74) is 0.938. The summed E-state index contributed by atoms with van der Waals surface area (Å²) in [5, 5.41) is 9.36. The molecule has 0 aliphatic carbocycles. The van der Waals surface area contributed by atoms with Crippen molar-refractivity contribution in [2.24, 2.45) is 0 Å². The molecule has 2 rings (SSSR count). The van der Waals surface area contributed by atoms with Crippen LogP contribution in [0.3, 0.4) is 0 Å². The minimum absolute atomic E-state index is 0.222. The van der Waals surface area contributed by atoms with Crippen LogP contribution in [-0.2, 0) is 0 Å². The molecular weight excluding hydrogens is 152 g/mol. The molecule has 1 heterocycles. The van der Waals surface area contributed by atoms with Crippen molar-refractivity contribution in [1.82, 2.24) is 0 Å². The lowest BCUT2D eigenvalue weighted by atomic mass is 10.1. The van der Waals surface area contributed by atoms with Crippen LogP contribution in [0.5, 0.6) is 5.75 Å². The minimum Gasteiger partial charge on any atom is -0.508 e. The van der Waals surface area contributed by atoms with Crippen LogP contribution >= 0.6 is 0 Å². The van der Waals surface area contributed by atoms with Gasteiger partial charge in [0.05, 0.1) is 0 Å².